The predicted molar refractivity (Wildman–Crippen MR) is 144 cm³/mol. The number of ether oxygens (including phenoxy) is 2. The Morgan fingerprint density at radius 1 is 1.08 bits per heavy atom. The highest BCUT2D eigenvalue weighted by Gasteiger charge is 2.35. The van der Waals surface area contributed by atoms with Crippen molar-refractivity contribution in [2.75, 3.05) is 7.11 Å². The van der Waals surface area contributed by atoms with Gasteiger partial charge in [0.05, 0.1) is 27.2 Å². The third-order valence-corrected chi connectivity index (χ3v) is 7.60. The molecule has 3 aromatic rings. The molecule has 0 aromatic heterocycles. The van der Waals surface area contributed by atoms with Crippen LogP contribution >= 0.6 is 57.6 Å². The van der Waals surface area contributed by atoms with E-state index in [0.29, 0.717) is 26.2 Å². The second kappa shape index (κ2) is 11.4. The molecule has 1 heterocycles. The molecule has 186 valence electrons. The van der Waals surface area contributed by atoms with Gasteiger partial charge in [0.2, 0.25) is 0 Å². The van der Waals surface area contributed by atoms with E-state index >= 15 is 0 Å². The van der Waals surface area contributed by atoms with E-state index in [4.69, 9.17) is 32.7 Å². The average molecular weight is 662 g/mol. The number of carbonyl (C=O) groups excluding carboxylic acids is 2. The van der Waals surface area contributed by atoms with Crippen LogP contribution < -0.4 is 9.47 Å². The highest BCUT2D eigenvalue weighted by molar-refractivity contribution is 14.1. The first-order valence-electron chi connectivity index (χ1n) is 10.3. The zero-order valence-electron chi connectivity index (χ0n) is 18.5. The number of imide groups is 1. The van der Waals surface area contributed by atoms with Gasteiger partial charge in [-0.05, 0) is 88.0 Å². The van der Waals surface area contributed by atoms with Gasteiger partial charge in [0.15, 0.2) is 11.5 Å². The van der Waals surface area contributed by atoms with Gasteiger partial charge in [-0.3, -0.25) is 14.5 Å². The standard InChI is InChI=1S/C25H16Cl2F2INO4S/c1-34-21-8-13(7-20(30)23(21)35-12-16-17(26)3-2-4-19(16)29)9-22-24(32)31(25(33)36-22)11-14-5-6-15(28)10-18(14)27/h2-10H,11-12H2,1H3/b22-9-. The average Bonchev–Trinajstić information content (AvgIpc) is 3.08. The lowest BCUT2D eigenvalue weighted by atomic mass is 10.1. The molecule has 0 bridgehead atoms. The Morgan fingerprint density at radius 3 is 2.56 bits per heavy atom. The molecule has 0 radical (unpaired) electrons. The fraction of sp³-hybridized carbons (Fsp3) is 0.120. The Kier molecular flexibility index (Phi) is 8.44. The maximum absolute atomic E-state index is 14.1. The molecule has 1 aliphatic rings. The normalized spacial score (nSPS) is 14.6. The van der Waals surface area contributed by atoms with Crippen LogP contribution in [0.3, 0.4) is 0 Å². The second-order valence-corrected chi connectivity index (χ2v) is 10.5. The second-order valence-electron chi connectivity index (χ2n) is 7.53. The van der Waals surface area contributed by atoms with Crippen molar-refractivity contribution in [3.8, 4) is 11.5 Å². The van der Waals surface area contributed by atoms with Gasteiger partial charge < -0.3 is 9.47 Å². The minimum Gasteiger partial charge on any atom is -0.493 e. The third kappa shape index (κ3) is 5.80. The molecule has 0 N–H and O–H groups in total. The van der Waals surface area contributed by atoms with Crippen LogP contribution in [0, 0.1) is 15.2 Å². The largest absolute Gasteiger partial charge is 0.493 e. The third-order valence-electron chi connectivity index (χ3n) is 5.19. The van der Waals surface area contributed by atoms with Gasteiger partial charge in [-0.2, -0.15) is 0 Å². The van der Waals surface area contributed by atoms with Crippen LogP contribution in [0.5, 0.6) is 11.5 Å². The first-order valence-corrected chi connectivity index (χ1v) is 13.0. The molecule has 5 nitrogen and oxygen atoms in total. The number of hydrogen-bond acceptors (Lipinski definition) is 5. The van der Waals surface area contributed by atoms with E-state index in [1.54, 1.807) is 24.3 Å². The van der Waals surface area contributed by atoms with Gasteiger partial charge in [-0.1, -0.05) is 35.3 Å². The highest BCUT2D eigenvalue weighted by atomic mass is 127. The topological polar surface area (TPSA) is 55.8 Å². The van der Waals surface area contributed by atoms with Crippen LogP contribution in [0.25, 0.3) is 6.08 Å². The SMILES string of the molecule is COc1cc(/C=C2\SC(=O)N(Cc3ccc(F)cc3Cl)C2=O)cc(I)c1OCc1c(F)cccc1Cl. The predicted octanol–water partition coefficient (Wildman–Crippen LogP) is 7.70. The number of amides is 2. The Labute approximate surface area is 233 Å². The van der Waals surface area contributed by atoms with Gasteiger partial charge in [0.25, 0.3) is 11.1 Å². The van der Waals surface area contributed by atoms with Gasteiger partial charge in [-0.15, -0.1) is 0 Å². The number of methoxy groups -OCH3 is 1. The highest BCUT2D eigenvalue weighted by Crippen LogP contribution is 2.38. The van der Waals surface area contributed by atoms with Crippen molar-refractivity contribution >= 4 is 74.8 Å². The summed E-state index contributed by atoms with van der Waals surface area (Å²) >= 11 is 15.0. The number of carbonyl (C=O) groups is 2. The molecule has 0 aliphatic carbocycles. The number of benzene rings is 3. The van der Waals surface area contributed by atoms with Gasteiger partial charge in [-0.25, -0.2) is 8.78 Å². The summed E-state index contributed by atoms with van der Waals surface area (Å²) in [5.41, 5.74) is 1.27. The number of thioether (sulfide) groups is 1. The molecule has 11 heteroatoms. The molecular weight excluding hydrogens is 646 g/mol. The molecule has 4 rings (SSSR count). The zero-order valence-corrected chi connectivity index (χ0v) is 23.0. The summed E-state index contributed by atoms with van der Waals surface area (Å²) in [5, 5.41) is -0.0853. The van der Waals surface area contributed by atoms with Gasteiger partial charge >= 0.3 is 0 Å². The summed E-state index contributed by atoms with van der Waals surface area (Å²) in [6, 6.07) is 11.6. The first kappa shape index (κ1) is 26.7. The maximum Gasteiger partial charge on any atom is 0.293 e. The molecule has 3 aromatic carbocycles. The molecule has 0 unspecified atom stereocenters. The summed E-state index contributed by atoms with van der Waals surface area (Å²) < 4.78 is 39.3. The molecule has 0 atom stereocenters. The van der Waals surface area contributed by atoms with E-state index < -0.39 is 22.8 Å². The number of hydrogen-bond donors (Lipinski definition) is 0. The zero-order chi connectivity index (χ0) is 26.0. The van der Waals surface area contributed by atoms with E-state index in [9.17, 15) is 18.4 Å². The number of nitrogens with zero attached hydrogens (tertiary/aromatic N) is 1. The fourth-order valence-electron chi connectivity index (χ4n) is 3.39. The van der Waals surface area contributed by atoms with Crippen LogP contribution in [0.4, 0.5) is 13.6 Å². The molecule has 1 saturated heterocycles. The Hall–Kier alpha value is -2.34. The van der Waals surface area contributed by atoms with Crippen molar-refractivity contribution in [1.82, 2.24) is 4.90 Å². The Bertz CT molecular complexity index is 1380. The first-order chi connectivity index (χ1) is 17.2. The fourth-order valence-corrected chi connectivity index (χ4v) is 5.45. The van der Waals surface area contributed by atoms with Crippen LogP contribution in [-0.2, 0) is 17.9 Å². The lowest BCUT2D eigenvalue weighted by Gasteiger charge is -2.15. The van der Waals surface area contributed by atoms with E-state index in [1.807, 2.05) is 22.6 Å². The molecule has 2 amide bonds. The summed E-state index contributed by atoms with van der Waals surface area (Å²) in [6.07, 6.45) is 1.57. The molecular formula is C25H16Cl2F2INO4S. The molecule has 0 spiro atoms. The van der Waals surface area contributed by atoms with E-state index in [0.717, 1.165) is 22.7 Å². The van der Waals surface area contributed by atoms with Gasteiger partial charge in [0, 0.05) is 10.6 Å². The lowest BCUT2D eigenvalue weighted by molar-refractivity contribution is -0.123. The van der Waals surface area contributed by atoms with Crippen molar-refractivity contribution in [2.24, 2.45) is 0 Å². The molecule has 0 saturated carbocycles. The molecule has 1 fully saturated rings. The minimum absolute atomic E-state index is 0.0760. The number of rotatable bonds is 7. The molecule has 36 heavy (non-hydrogen) atoms. The van der Waals surface area contributed by atoms with Gasteiger partial charge in [0.1, 0.15) is 18.2 Å². The quantitative estimate of drug-likeness (QED) is 0.192. The van der Waals surface area contributed by atoms with E-state index in [2.05, 4.69) is 0 Å². The Balaban J connectivity index is 1.55. The lowest BCUT2D eigenvalue weighted by Crippen LogP contribution is -2.27. The Morgan fingerprint density at radius 2 is 1.86 bits per heavy atom. The smallest absolute Gasteiger partial charge is 0.293 e. The summed E-state index contributed by atoms with van der Waals surface area (Å²) in [5.74, 6) is -0.739. The summed E-state index contributed by atoms with van der Waals surface area (Å²) in [4.78, 5) is 26.7. The van der Waals surface area contributed by atoms with Crippen LogP contribution in [0.15, 0.2) is 53.4 Å². The van der Waals surface area contributed by atoms with Crippen molar-refractivity contribution < 1.29 is 27.8 Å². The van der Waals surface area contributed by atoms with Crippen molar-refractivity contribution in [3.05, 3.63) is 95.4 Å². The van der Waals surface area contributed by atoms with Crippen molar-refractivity contribution in [3.63, 3.8) is 0 Å². The summed E-state index contributed by atoms with van der Waals surface area (Å²) in [6.45, 7) is -0.185. The van der Waals surface area contributed by atoms with Crippen molar-refractivity contribution in [2.45, 2.75) is 13.2 Å². The van der Waals surface area contributed by atoms with Crippen LogP contribution in [-0.4, -0.2) is 23.2 Å². The monoisotopic (exact) mass is 661 g/mol. The summed E-state index contributed by atoms with van der Waals surface area (Å²) in [7, 11) is 1.46. The van der Waals surface area contributed by atoms with E-state index in [-0.39, 0.29) is 33.7 Å². The van der Waals surface area contributed by atoms with Crippen LogP contribution in [0.2, 0.25) is 10.0 Å². The minimum atomic E-state index is -0.509. The van der Waals surface area contributed by atoms with Crippen molar-refractivity contribution in [1.29, 1.82) is 0 Å². The van der Waals surface area contributed by atoms with E-state index in [1.165, 1.54) is 31.4 Å². The van der Waals surface area contributed by atoms with Crippen LogP contribution in [0.1, 0.15) is 16.7 Å². The molecule has 1 aliphatic heterocycles. The number of halogens is 5. The maximum atomic E-state index is 14.1.